The standard InChI is InChI=1S/C20H16N4O4S.C2HF3O2/c25-29(26,24-10-13-1-6-17-18(9-13)28-12-27-17)15-4-2-14(3-5-15)19-16-7-8-21-20(16)23-11-22-19;3-2(4,5)1(6)7/h1-9,11,24H,10,12H2,(H,21,22,23);(H,6,7). The number of aromatic nitrogens is 3. The Morgan fingerprint density at radius 3 is 2.44 bits per heavy atom. The van der Waals surface area contributed by atoms with Crippen molar-refractivity contribution in [3.63, 3.8) is 0 Å². The lowest BCUT2D eigenvalue weighted by Crippen LogP contribution is -2.23. The van der Waals surface area contributed by atoms with Crippen molar-refractivity contribution >= 4 is 27.0 Å². The summed E-state index contributed by atoms with van der Waals surface area (Å²) in [5.41, 5.74) is 3.07. The van der Waals surface area contributed by atoms with E-state index in [1.54, 1.807) is 48.7 Å². The summed E-state index contributed by atoms with van der Waals surface area (Å²) >= 11 is 0. The monoisotopic (exact) mass is 522 g/mol. The van der Waals surface area contributed by atoms with Gasteiger partial charge in [-0.25, -0.2) is 27.9 Å². The summed E-state index contributed by atoms with van der Waals surface area (Å²) in [6.45, 7) is 0.328. The number of aromatic amines is 1. The fourth-order valence-corrected chi connectivity index (χ4v) is 4.22. The molecular weight excluding hydrogens is 505 g/mol. The second-order valence-corrected chi connectivity index (χ2v) is 9.07. The average Bonchev–Trinajstić information content (AvgIpc) is 3.51. The van der Waals surface area contributed by atoms with E-state index in [1.807, 2.05) is 6.07 Å². The van der Waals surface area contributed by atoms with E-state index in [1.165, 1.54) is 6.33 Å². The summed E-state index contributed by atoms with van der Waals surface area (Å²) in [5.74, 6) is -1.48. The highest BCUT2D eigenvalue weighted by Gasteiger charge is 2.38. The van der Waals surface area contributed by atoms with E-state index in [0.29, 0.717) is 11.5 Å². The zero-order valence-electron chi connectivity index (χ0n) is 18.1. The number of H-pyrrole nitrogens is 1. The van der Waals surface area contributed by atoms with E-state index in [9.17, 15) is 21.6 Å². The number of sulfonamides is 1. The average molecular weight is 522 g/mol. The van der Waals surface area contributed by atoms with Gasteiger partial charge in [0.25, 0.3) is 0 Å². The van der Waals surface area contributed by atoms with Crippen molar-refractivity contribution < 1.29 is 41.0 Å². The molecule has 0 unspecified atom stereocenters. The predicted molar refractivity (Wildman–Crippen MR) is 120 cm³/mol. The molecule has 1 aliphatic rings. The first-order valence-corrected chi connectivity index (χ1v) is 11.6. The molecule has 0 saturated carbocycles. The maximum atomic E-state index is 12.7. The van der Waals surface area contributed by atoms with Gasteiger partial charge in [-0.05, 0) is 35.9 Å². The minimum absolute atomic E-state index is 0.149. The molecule has 5 rings (SSSR count). The molecule has 0 fully saturated rings. The highest BCUT2D eigenvalue weighted by Crippen LogP contribution is 2.32. The molecule has 10 nitrogen and oxygen atoms in total. The summed E-state index contributed by atoms with van der Waals surface area (Å²) in [5, 5.41) is 8.00. The van der Waals surface area contributed by atoms with Crippen LogP contribution in [-0.2, 0) is 21.4 Å². The van der Waals surface area contributed by atoms with E-state index in [2.05, 4.69) is 19.7 Å². The van der Waals surface area contributed by atoms with Crippen LogP contribution in [0.3, 0.4) is 0 Å². The van der Waals surface area contributed by atoms with Gasteiger partial charge in [0.15, 0.2) is 11.5 Å². The number of benzene rings is 2. The maximum absolute atomic E-state index is 12.7. The van der Waals surface area contributed by atoms with Gasteiger partial charge in [0, 0.05) is 23.7 Å². The molecular formula is C22H17F3N4O6S. The molecule has 0 spiro atoms. The van der Waals surface area contributed by atoms with Gasteiger partial charge in [0.05, 0.1) is 10.6 Å². The summed E-state index contributed by atoms with van der Waals surface area (Å²) in [6.07, 6.45) is -1.81. The van der Waals surface area contributed by atoms with Crippen LogP contribution in [0.2, 0.25) is 0 Å². The number of ether oxygens (including phenoxy) is 2. The first-order chi connectivity index (χ1) is 17.0. The number of carboxylic acids is 1. The predicted octanol–water partition coefficient (Wildman–Crippen LogP) is 3.47. The maximum Gasteiger partial charge on any atom is 0.490 e. The van der Waals surface area contributed by atoms with Gasteiger partial charge in [0.1, 0.15) is 12.0 Å². The molecule has 1 aliphatic heterocycles. The van der Waals surface area contributed by atoms with Crippen LogP contribution in [0.4, 0.5) is 13.2 Å². The van der Waals surface area contributed by atoms with Crippen molar-refractivity contribution in [2.75, 3.05) is 6.79 Å². The first kappa shape index (κ1) is 24.9. The molecule has 2 aromatic heterocycles. The molecule has 0 saturated heterocycles. The van der Waals surface area contributed by atoms with E-state index in [0.717, 1.165) is 27.9 Å². The number of carboxylic acid groups (broad SMARTS) is 1. The van der Waals surface area contributed by atoms with Crippen LogP contribution in [0.5, 0.6) is 11.5 Å². The van der Waals surface area contributed by atoms with Crippen molar-refractivity contribution in [1.82, 2.24) is 19.7 Å². The van der Waals surface area contributed by atoms with Gasteiger partial charge in [-0.2, -0.15) is 13.2 Å². The quantitative estimate of drug-likeness (QED) is 0.362. The number of halogens is 3. The van der Waals surface area contributed by atoms with Gasteiger partial charge in [-0.15, -0.1) is 0 Å². The molecule has 3 heterocycles. The Labute approximate surface area is 201 Å². The number of nitrogens with zero attached hydrogens (tertiary/aromatic N) is 2. The normalized spacial score (nSPS) is 12.8. The molecule has 4 aromatic rings. The number of hydrogen-bond donors (Lipinski definition) is 3. The molecule has 14 heteroatoms. The van der Waals surface area contributed by atoms with Crippen LogP contribution in [0.15, 0.2) is 66.0 Å². The molecule has 0 bridgehead atoms. The van der Waals surface area contributed by atoms with Crippen LogP contribution in [0.25, 0.3) is 22.3 Å². The number of hydrogen-bond acceptors (Lipinski definition) is 7. The van der Waals surface area contributed by atoms with Crippen molar-refractivity contribution in [3.8, 4) is 22.8 Å². The Bertz CT molecular complexity index is 1500. The number of alkyl halides is 3. The molecule has 0 atom stereocenters. The van der Waals surface area contributed by atoms with E-state index >= 15 is 0 Å². The van der Waals surface area contributed by atoms with Gasteiger partial charge < -0.3 is 19.6 Å². The van der Waals surface area contributed by atoms with E-state index < -0.39 is 22.2 Å². The minimum atomic E-state index is -5.08. The van der Waals surface area contributed by atoms with Crippen LogP contribution in [0, 0.1) is 0 Å². The Morgan fingerprint density at radius 2 is 1.75 bits per heavy atom. The van der Waals surface area contributed by atoms with Crippen molar-refractivity contribution in [3.05, 3.63) is 66.6 Å². The van der Waals surface area contributed by atoms with Crippen molar-refractivity contribution in [2.45, 2.75) is 17.6 Å². The number of carbonyl (C=O) groups is 1. The van der Waals surface area contributed by atoms with Crippen LogP contribution in [-0.4, -0.2) is 47.4 Å². The summed E-state index contributed by atoms with van der Waals surface area (Å²) in [7, 11) is -3.66. The lowest BCUT2D eigenvalue weighted by Gasteiger charge is -2.09. The van der Waals surface area contributed by atoms with E-state index in [-0.39, 0.29) is 18.2 Å². The number of aliphatic carboxylic acids is 1. The highest BCUT2D eigenvalue weighted by atomic mass is 32.2. The third kappa shape index (κ3) is 5.55. The third-order valence-corrected chi connectivity index (χ3v) is 6.35. The van der Waals surface area contributed by atoms with E-state index in [4.69, 9.17) is 19.4 Å². The molecule has 0 amide bonds. The number of fused-ring (bicyclic) bond motifs is 2. The van der Waals surface area contributed by atoms with Crippen LogP contribution in [0.1, 0.15) is 5.56 Å². The Balaban J connectivity index is 0.000000384. The zero-order valence-corrected chi connectivity index (χ0v) is 18.9. The second-order valence-electron chi connectivity index (χ2n) is 7.30. The van der Waals surface area contributed by atoms with Crippen molar-refractivity contribution in [1.29, 1.82) is 0 Å². The fourth-order valence-electron chi connectivity index (χ4n) is 3.21. The SMILES string of the molecule is O=C(O)C(F)(F)F.O=S(=O)(NCc1ccc2c(c1)OCO2)c1ccc(-c2ncnc3[nH]ccc23)cc1. The summed E-state index contributed by atoms with van der Waals surface area (Å²) in [4.78, 5) is 20.6. The van der Waals surface area contributed by atoms with Gasteiger partial charge in [-0.3, -0.25) is 0 Å². The molecule has 188 valence electrons. The zero-order chi connectivity index (χ0) is 25.9. The lowest BCUT2D eigenvalue weighted by molar-refractivity contribution is -0.192. The van der Waals surface area contributed by atoms with Crippen molar-refractivity contribution in [2.24, 2.45) is 0 Å². The van der Waals surface area contributed by atoms with Crippen LogP contribution >= 0.6 is 0 Å². The highest BCUT2D eigenvalue weighted by molar-refractivity contribution is 7.89. The smallest absolute Gasteiger partial charge is 0.475 e. The molecule has 0 radical (unpaired) electrons. The molecule has 3 N–H and O–H groups in total. The largest absolute Gasteiger partial charge is 0.490 e. The van der Waals surface area contributed by atoms with Gasteiger partial charge in [-0.1, -0.05) is 18.2 Å². The Kier molecular flexibility index (Phi) is 6.81. The minimum Gasteiger partial charge on any atom is -0.475 e. The molecule has 36 heavy (non-hydrogen) atoms. The summed E-state index contributed by atoms with van der Waals surface area (Å²) in [6, 6.07) is 13.8. The van der Waals surface area contributed by atoms with Gasteiger partial charge in [0.2, 0.25) is 16.8 Å². The number of nitrogens with one attached hydrogen (secondary N) is 2. The molecule has 2 aromatic carbocycles. The summed E-state index contributed by atoms with van der Waals surface area (Å²) < 4.78 is 70.3. The molecule has 0 aliphatic carbocycles. The van der Waals surface area contributed by atoms with Crippen LogP contribution < -0.4 is 14.2 Å². The third-order valence-electron chi connectivity index (χ3n) is 4.94. The lowest BCUT2D eigenvalue weighted by atomic mass is 10.1. The second kappa shape index (κ2) is 9.83. The number of rotatable bonds is 5. The van der Waals surface area contributed by atoms with Gasteiger partial charge >= 0.3 is 12.1 Å². The fraction of sp³-hybridized carbons (Fsp3) is 0.136. The topological polar surface area (TPSA) is 144 Å². The Morgan fingerprint density at radius 1 is 1.06 bits per heavy atom. The Hall–Kier alpha value is -4.17. The first-order valence-electron chi connectivity index (χ1n) is 10.1.